The third-order valence-corrected chi connectivity index (χ3v) is 3.26. The first kappa shape index (κ1) is 13.4. The lowest BCUT2D eigenvalue weighted by molar-refractivity contribution is 0.0894. The summed E-state index contributed by atoms with van der Waals surface area (Å²) < 4.78 is 6.01. The minimum atomic E-state index is -0.0334. The Kier molecular flexibility index (Phi) is 5.76. The van der Waals surface area contributed by atoms with Gasteiger partial charge in [-0.2, -0.15) is 0 Å². The highest BCUT2D eigenvalue weighted by Gasteiger charge is 2.13. The van der Waals surface area contributed by atoms with E-state index in [-0.39, 0.29) is 11.9 Å². The smallest absolute Gasteiger partial charge is 0.252 e. The lowest BCUT2D eigenvalue weighted by Gasteiger charge is -2.16. The molecule has 0 fully saturated rings. The zero-order chi connectivity index (χ0) is 12.0. The maximum atomic E-state index is 11.9. The fourth-order valence-electron chi connectivity index (χ4n) is 1.37. The van der Waals surface area contributed by atoms with Gasteiger partial charge in [-0.15, -0.1) is 0 Å². The van der Waals surface area contributed by atoms with Gasteiger partial charge in [0.05, 0.1) is 18.2 Å². The Morgan fingerprint density at radius 1 is 1.50 bits per heavy atom. The lowest BCUT2D eigenvalue weighted by atomic mass is 10.2. The van der Waals surface area contributed by atoms with Crippen molar-refractivity contribution in [2.75, 3.05) is 13.7 Å². The average molecular weight is 333 g/mol. The number of carbonyl (C=O) groups is 1. The van der Waals surface area contributed by atoms with E-state index in [1.54, 1.807) is 7.11 Å². The van der Waals surface area contributed by atoms with Gasteiger partial charge < -0.3 is 10.1 Å². The number of carbonyl (C=O) groups excluding carboxylic acids is 1. The molecule has 1 unspecified atom stereocenters. The number of halogens is 1. The zero-order valence-electron chi connectivity index (χ0n) is 9.50. The summed E-state index contributed by atoms with van der Waals surface area (Å²) in [5.74, 6) is -0.0334. The molecule has 0 aliphatic rings. The van der Waals surface area contributed by atoms with E-state index >= 15 is 0 Å². The standard InChI is InChI=1S/C12H16INO2/c1-3-9(8-16-2)14-12(15)10-6-4-5-7-11(10)13/h4-7,9H,3,8H2,1-2H3,(H,14,15). The van der Waals surface area contributed by atoms with Crippen LogP contribution in [-0.4, -0.2) is 25.7 Å². The van der Waals surface area contributed by atoms with Crippen LogP contribution in [0.4, 0.5) is 0 Å². The van der Waals surface area contributed by atoms with E-state index in [0.29, 0.717) is 6.61 Å². The number of ether oxygens (including phenoxy) is 1. The second-order valence-corrected chi connectivity index (χ2v) is 4.68. The topological polar surface area (TPSA) is 38.3 Å². The summed E-state index contributed by atoms with van der Waals surface area (Å²) in [6.45, 7) is 2.57. The summed E-state index contributed by atoms with van der Waals surface area (Å²) >= 11 is 2.16. The fraction of sp³-hybridized carbons (Fsp3) is 0.417. The van der Waals surface area contributed by atoms with Crippen LogP contribution in [-0.2, 0) is 4.74 Å². The second kappa shape index (κ2) is 6.85. The number of hydrogen-bond acceptors (Lipinski definition) is 2. The van der Waals surface area contributed by atoms with Gasteiger partial charge in [-0.1, -0.05) is 19.1 Å². The molecule has 3 nitrogen and oxygen atoms in total. The van der Waals surface area contributed by atoms with E-state index in [1.807, 2.05) is 31.2 Å². The van der Waals surface area contributed by atoms with Crippen LogP contribution in [0.1, 0.15) is 23.7 Å². The molecule has 0 heterocycles. The molecule has 16 heavy (non-hydrogen) atoms. The molecule has 1 rings (SSSR count). The van der Waals surface area contributed by atoms with Crippen molar-refractivity contribution in [2.45, 2.75) is 19.4 Å². The zero-order valence-corrected chi connectivity index (χ0v) is 11.7. The van der Waals surface area contributed by atoms with Gasteiger partial charge in [-0.05, 0) is 41.1 Å². The van der Waals surface area contributed by atoms with Gasteiger partial charge >= 0.3 is 0 Å². The highest BCUT2D eigenvalue weighted by molar-refractivity contribution is 14.1. The highest BCUT2D eigenvalue weighted by atomic mass is 127. The molecule has 0 aliphatic carbocycles. The first-order valence-electron chi connectivity index (χ1n) is 5.23. The van der Waals surface area contributed by atoms with Crippen LogP contribution in [0, 0.1) is 3.57 Å². The van der Waals surface area contributed by atoms with Crippen molar-refractivity contribution in [3.63, 3.8) is 0 Å². The number of methoxy groups -OCH3 is 1. The van der Waals surface area contributed by atoms with Crippen molar-refractivity contribution in [1.29, 1.82) is 0 Å². The van der Waals surface area contributed by atoms with Crippen LogP contribution in [0.3, 0.4) is 0 Å². The Labute approximate surface area is 110 Å². The summed E-state index contributed by atoms with van der Waals surface area (Å²) in [5.41, 5.74) is 0.720. The minimum Gasteiger partial charge on any atom is -0.383 e. The molecule has 0 saturated carbocycles. The molecule has 1 amide bonds. The molecular formula is C12H16INO2. The van der Waals surface area contributed by atoms with Crippen LogP contribution < -0.4 is 5.32 Å². The fourth-order valence-corrected chi connectivity index (χ4v) is 2.00. The van der Waals surface area contributed by atoms with Crippen molar-refractivity contribution in [2.24, 2.45) is 0 Å². The quantitative estimate of drug-likeness (QED) is 0.841. The van der Waals surface area contributed by atoms with E-state index in [9.17, 15) is 4.79 Å². The summed E-state index contributed by atoms with van der Waals surface area (Å²) in [5, 5.41) is 2.96. The predicted octanol–water partition coefficient (Wildman–Crippen LogP) is 2.45. The largest absolute Gasteiger partial charge is 0.383 e. The molecule has 0 saturated heterocycles. The summed E-state index contributed by atoms with van der Waals surface area (Å²) in [4.78, 5) is 11.9. The molecule has 0 aromatic heterocycles. The molecule has 0 spiro atoms. The Hall–Kier alpha value is -0.620. The number of hydrogen-bond donors (Lipinski definition) is 1. The lowest BCUT2D eigenvalue weighted by Crippen LogP contribution is -2.37. The number of nitrogens with one attached hydrogen (secondary N) is 1. The van der Waals surface area contributed by atoms with Crippen LogP contribution in [0.15, 0.2) is 24.3 Å². The molecule has 1 atom stereocenters. The monoisotopic (exact) mass is 333 g/mol. The maximum Gasteiger partial charge on any atom is 0.252 e. The summed E-state index contributed by atoms with van der Waals surface area (Å²) in [6.07, 6.45) is 0.864. The van der Waals surface area contributed by atoms with Gasteiger partial charge in [0.15, 0.2) is 0 Å². The van der Waals surface area contributed by atoms with Gasteiger partial charge in [-0.25, -0.2) is 0 Å². The SMILES string of the molecule is CCC(COC)NC(=O)c1ccccc1I. The Bertz CT molecular complexity index is 355. The molecule has 1 aromatic carbocycles. The molecule has 0 aliphatic heterocycles. The number of amides is 1. The minimum absolute atomic E-state index is 0.0334. The van der Waals surface area contributed by atoms with E-state index in [0.717, 1.165) is 15.6 Å². The van der Waals surface area contributed by atoms with Crippen molar-refractivity contribution in [3.8, 4) is 0 Å². The molecule has 1 aromatic rings. The Balaban J connectivity index is 2.68. The molecule has 0 bridgehead atoms. The first-order chi connectivity index (χ1) is 7.69. The first-order valence-corrected chi connectivity index (χ1v) is 6.31. The summed E-state index contributed by atoms with van der Waals surface area (Å²) in [7, 11) is 1.64. The van der Waals surface area contributed by atoms with Crippen molar-refractivity contribution >= 4 is 28.5 Å². The Morgan fingerprint density at radius 3 is 2.75 bits per heavy atom. The third kappa shape index (κ3) is 3.75. The van der Waals surface area contributed by atoms with E-state index in [2.05, 4.69) is 27.9 Å². The van der Waals surface area contributed by atoms with Gasteiger partial charge in [0.25, 0.3) is 5.91 Å². The average Bonchev–Trinajstić information content (AvgIpc) is 2.28. The second-order valence-electron chi connectivity index (χ2n) is 3.51. The van der Waals surface area contributed by atoms with Crippen molar-refractivity contribution < 1.29 is 9.53 Å². The van der Waals surface area contributed by atoms with Crippen molar-refractivity contribution in [3.05, 3.63) is 33.4 Å². The van der Waals surface area contributed by atoms with Gasteiger partial charge in [-0.3, -0.25) is 4.79 Å². The van der Waals surface area contributed by atoms with E-state index in [4.69, 9.17) is 4.74 Å². The summed E-state index contributed by atoms with van der Waals surface area (Å²) in [6, 6.07) is 7.62. The van der Waals surface area contributed by atoms with E-state index < -0.39 is 0 Å². The number of benzene rings is 1. The van der Waals surface area contributed by atoms with Crippen LogP contribution in [0.2, 0.25) is 0 Å². The van der Waals surface area contributed by atoms with Gasteiger partial charge in [0.1, 0.15) is 0 Å². The molecule has 1 N–H and O–H groups in total. The van der Waals surface area contributed by atoms with Crippen molar-refractivity contribution in [1.82, 2.24) is 5.32 Å². The molecular weight excluding hydrogens is 317 g/mol. The third-order valence-electron chi connectivity index (χ3n) is 2.31. The van der Waals surface area contributed by atoms with Crippen LogP contribution in [0.5, 0.6) is 0 Å². The maximum absolute atomic E-state index is 11.9. The van der Waals surface area contributed by atoms with Crippen LogP contribution in [0.25, 0.3) is 0 Å². The molecule has 0 radical (unpaired) electrons. The van der Waals surface area contributed by atoms with Crippen LogP contribution >= 0.6 is 22.6 Å². The van der Waals surface area contributed by atoms with Gasteiger partial charge in [0.2, 0.25) is 0 Å². The van der Waals surface area contributed by atoms with E-state index in [1.165, 1.54) is 0 Å². The van der Waals surface area contributed by atoms with Gasteiger partial charge in [0, 0.05) is 10.7 Å². The molecule has 4 heteroatoms. The highest BCUT2D eigenvalue weighted by Crippen LogP contribution is 2.11. The normalized spacial score (nSPS) is 12.2. The number of rotatable bonds is 5. The molecule has 88 valence electrons. The predicted molar refractivity (Wildman–Crippen MR) is 72.6 cm³/mol. The Morgan fingerprint density at radius 2 is 2.19 bits per heavy atom.